The predicted octanol–water partition coefficient (Wildman–Crippen LogP) is 6.24. The molecule has 0 radical (unpaired) electrons. The SMILES string of the molecule is COc1cccc2cc(C(=O)Oc3cc(C)c4c(c3)O/C(=C\c3ccccc3Cl)C4=O)oc12. The largest absolute Gasteiger partial charge is 0.493 e. The number of fused-ring (bicyclic) bond motifs is 2. The Labute approximate surface area is 193 Å². The Morgan fingerprint density at radius 2 is 1.88 bits per heavy atom. The normalized spacial score (nSPS) is 13.8. The Balaban J connectivity index is 1.43. The van der Waals surface area contributed by atoms with E-state index < -0.39 is 5.97 Å². The van der Waals surface area contributed by atoms with Crippen molar-refractivity contribution in [3.63, 3.8) is 0 Å². The number of esters is 1. The van der Waals surface area contributed by atoms with Gasteiger partial charge in [-0.1, -0.05) is 41.9 Å². The highest BCUT2D eigenvalue weighted by atomic mass is 35.5. The van der Waals surface area contributed by atoms with Crippen LogP contribution in [0.25, 0.3) is 17.0 Å². The molecule has 6 nitrogen and oxygen atoms in total. The van der Waals surface area contributed by atoms with Crippen molar-refractivity contribution in [1.82, 2.24) is 0 Å². The first-order chi connectivity index (χ1) is 15.9. The number of hydrogen-bond donors (Lipinski definition) is 0. The van der Waals surface area contributed by atoms with Crippen molar-refractivity contribution in [3.05, 3.63) is 93.9 Å². The lowest BCUT2D eigenvalue weighted by molar-refractivity contribution is 0.0703. The van der Waals surface area contributed by atoms with Crippen LogP contribution in [0.3, 0.4) is 0 Å². The average molecular weight is 461 g/mol. The lowest BCUT2D eigenvalue weighted by Gasteiger charge is -2.06. The number of allylic oxidation sites excluding steroid dienone is 1. The van der Waals surface area contributed by atoms with Crippen LogP contribution in [0.4, 0.5) is 0 Å². The van der Waals surface area contributed by atoms with Gasteiger partial charge in [0.2, 0.25) is 11.5 Å². The number of rotatable bonds is 4. The first kappa shape index (κ1) is 20.8. The van der Waals surface area contributed by atoms with Crippen molar-refractivity contribution >= 4 is 40.4 Å². The third kappa shape index (κ3) is 3.75. The maximum atomic E-state index is 12.9. The minimum atomic E-state index is -0.677. The number of benzene rings is 3. The second-order valence-corrected chi connectivity index (χ2v) is 7.86. The molecule has 0 saturated heterocycles. The van der Waals surface area contributed by atoms with Gasteiger partial charge in [-0.05, 0) is 48.4 Å². The highest BCUT2D eigenvalue weighted by molar-refractivity contribution is 6.32. The minimum Gasteiger partial charge on any atom is -0.493 e. The molecule has 0 bridgehead atoms. The molecule has 164 valence electrons. The number of aryl methyl sites for hydroxylation is 1. The van der Waals surface area contributed by atoms with Crippen molar-refractivity contribution in [2.45, 2.75) is 6.92 Å². The lowest BCUT2D eigenvalue weighted by atomic mass is 10.0. The molecule has 3 aromatic carbocycles. The highest BCUT2D eigenvalue weighted by Crippen LogP contribution is 2.38. The number of ether oxygens (including phenoxy) is 3. The number of carbonyl (C=O) groups excluding carboxylic acids is 2. The topological polar surface area (TPSA) is 75.0 Å². The van der Waals surface area contributed by atoms with Crippen LogP contribution in [0.5, 0.6) is 17.2 Å². The Kier molecular flexibility index (Phi) is 5.15. The Morgan fingerprint density at radius 1 is 1.06 bits per heavy atom. The molecule has 0 spiro atoms. The molecule has 4 aromatic rings. The van der Waals surface area contributed by atoms with Crippen LogP contribution in [0.2, 0.25) is 5.02 Å². The summed E-state index contributed by atoms with van der Waals surface area (Å²) in [4.78, 5) is 25.6. The number of methoxy groups -OCH3 is 1. The Morgan fingerprint density at radius 3 is 2.67 bits per heavy atom. The first-order valence-corrected chi connectivity index (χ1v) is 10.4. The van der Waals surface area contributed by atoms with Gasteiger partial charge >= 0.3 is 5.97 Å². The monoisotopic (exact) mass is 460 g/mol. The minimum absolute atomic E-state index is 0.0314. The van der Waals surface area contributed by atoms with Gasteiger partial charge in [0.1, 0.15) is 11.5 Å². The zero-order chi connectivity index (χ0) is 23.1. The Hall–Kier alpha value is -4.03. The fraction of sp³-hybridized carbons (Fsp3) is 0.0769. The van der Waals surface area contributed by atoms with Crippen LogP contribution in [0.15, 0.2) is 70.8 Å². The smallest absolute Gasteiger partial charge is 0.379 e. The molecule has 0 amide bonds. The third-order valence-electron chi connectivity index (χ3n) is 5.28. The molecule has 5 rings (SSSR count). The van der Waals surface area contributed by atoms with Gasteiger partial charge in [0.25, 0.3) is 0 Å². The number of hydrogen-bond acceptors (Lipinski definition) is 6. The maximum absolute atomic E-state index is 12.9. The molecular formula is C26H17ClO6. The number of furan rings is 1. The van der Waals surface area contributed by atoms with Crippen LogP contribution in [-0.2, 0) is 0 Å². The molecule has 1 aliphatic heterocycles. The summed E-state index contributed by atoms with van der Waals surface area (Å²) in [6, 6.07) is 17.2. The van der Waals surface area contributed by atoms with Crippen LogP contribution >= 0.6 is 11.6 Å². The van der Waals surface area contributed by atoms with Gasteiger partial charge in [-0.25, -0.2) is 4.79 Å². The highest BCUT2D eigenvalue weighted by Gasteiger charge is 2.30. The van der Waals surface area contributed by atoms with E-state index in [1.54, 1.807) is 55.5 Å². The molecular weight excluding hydrogens is 444 g/mol. The Bertz CT molecular complexity index is 1460. The molecule has 1 aromatic heterocycles. The number of ketones is 1. The summed E-state index contributed by atoms with van der Waals surface area (Å²) >= 11 is 6.20. The lowest BCUT2D eigenvalue weighted by Crippen LogP contribution is -2.07. The van der Waals surface area contributed by atoms with Gasteiger partial charge in [0, 0.05) is 16.5 Å². The van der Waals surface area contributed by atoms with E-state index in [9.17, 15) is 9.59 Å². The number of carbonyl (C=O) groups is 2. The van der Waals surface area contributed by atoms with Crippen LogP contribution in [-0.4, -0.2) is 18.9 Å². The van der Waals surface area contributed by atoms with Gasteiger partial charge in [-0.3, -0.25) is 4.79 Å². The van der Waals surface area contributed by atoms with Crippen LogP contribution < -0.4 is 14.2 Å². The number of Topliss-reactive ketones (excluding diaryl/α,β-unsaturated/α-hetero) is 1. The van der Waals surface area contributed by atoms with Crippen molar-refractivity contribution in [2.75, 3.05) is 7.11 Å². The van der Waals surface area contributed by atoms with Gasteiger partial charge in [0.05, 0.1) is 12.7 Å². The first-order valence-electron chi connectivity index (χ1n) is 10.1. The second-order valence-electron chi connectivity index (χ2n) is 7.45. The number of halogens is 1. The molecule has 0 atom stereocenters. The van der Waals surface area contributed by atoms with Gasteiger partial charge in [-0.15, -0.1) is 0 Å². The van der Waals surface area contributed by atoms with E-state index in [-0.39, 0.29) is 23.1 Å². The van der Waals surface area contributed by atoms with Crippen molar-refractivity contribution in [3.8, 4) is 17.2 Å². The third-order valence-corrected chi connectivity index (χ3v) is 5.62. The molecule has 0 aliphatic carbocycles. The van der Waals surface area contributed by atoms with Gasteiger partial charge in [0.15, 0.2) is 17.1 Å². The molecule has 0 N–H and O–H groups in total. The van der Waals surface area contributed by atoms with E-state index >= 15 is 0 Å². The van der Waals surface area contributed by atoms with E-state index in [0.29, 0.717) is 38.8 Å². The van der Waals surface area contributed by atoms with Gasteiger partial charge < -0.3 is 18.6 Å². The standard InChI is InChI=1S/C26H17ClO6/c1-14-10-17(31-26(29)22-12-16-7-5-9-19(30-2)25(16)33-22)13-20-23(14)24(28)21(32-20)11-15-6-3-4-8-18(15)27/h3-13H,1-2H3/b21-11-. The molecule has 0 unspecified atom stereocenters. The average Bonchev–Trinajstić information content (AvgIpc) is 3.37. The van der Waals surface area contributed by atoms with Crippen LogP contribution in [0, 0.1) is 6.92 Å². The summed E-state index contributed by atoms with van der Waals surface area (Å²) in [5, 5.41) is 1.22. The zero-order valence-electron chi connectivity index (χ0n) is 17.7. The molecule has 2 heterocycles. The fourth-order valence-electron chi connectivity index (χ4n) is 3.72. The predicted molar refractivity (Wildman–Crippen MR) is 123 cm³/mol. The summed E-state index contributed by atoms with van der Waals surface area (Å²) in [7, 11) is 1.53. The molecule has 0 fully saturated rings. The van der Waals surface area contributed by atoms with Crippen molar-refractivity contribution in [2.24, 2.45) is 0 Å². The quantitative estimate of drug-likeness (QED) is 0.204. The van der Waals surface area contributed by atoms with E-state index in [0.717, 1.165) is 5.39 Å². The summed E-state index contributed by atoms with van der Waals surface area (Å²) in [6.07, 6.45) is 1.59. The van der Waals surface area contributed by atoms with Crippen molar-refractivity contribution < 1.29 is 28.2 Å². The number of para-hydroxylation sites is 1. The summed E-state index contributed by atoms with van der Waals surface area (Å²) < 4.78 is 22.2. The summed E-state index contributed by atoms with van der Waals surface area (Å²) in [6.45, 7) is 1.75. The molecule has 1 aliphatic rings. The zero-order valence-corrected chi connectivity index (χ0v) is 18.4. The van der Waals surface area contributed by atoms with E-state index in [2.05, 4.69) is 0 Å². The molecule has 7 heteroatoms. The van der Waals surface area contributed by atoms with E-state index in [4.69, 9.17) is 30.2 Å². The van der Waals surface area contributed by atoms with Gasteiger partial charge in [-0.2, -0.15) is 0 Å². The second kappa shape index (κ2) is 8.15. The molecule has 0 saturated carbocycles. The van der Waals surface area contributed by atoms with E-state index in [1.165, 1.54) is 13.2 Å². The summed E-state index contributed by atoms with van der Waals surface area (Å²) in [5.41, 5.74) is 2.16. The fourth-order valence-corrected chi connectivity index (χ4v) is 3.92. The van der Waals surface area contributed by atoms with Crippen LogP contribution in [0.1, 0.15) is 32.0 Å². The van der Waals surface area contributed by atoms with E-state index in [1.807, 2.05) is 12.1 Å². The van der Waals surface area contributed by atoms with Crippen molar-refractivity contribution in [1.29, 1.82) is 0 Å². The maximum Gasteiger partial charge on any atom is 0.379 e. The summed E-state index contributed by atoms with van der Waals surface area (Å²) in [5.74, 6) is 0.305. The molecule has 33 heavy (non-hydrogen) atoms.